The van der Waals surface area contributed by atoms with Gasteiger partial charge in [0.1, 0.15) is 5.75 Å². The maximum absolute atomic E-state index is 13.5. The summed E-state index contributed by atoms with van der Waals surface area (Å²) in [4.78, 5) is 17.8. The quantitative estimate of drug-likeness (QED) is 0.466. The first kappa shape index (κ1) is 19.8. The lowest BCUT2D eigenvalue weighted by Crippen LogP contribution is -2.49. The van der Waals surface area contributed by atoms with E-state index >= 15 is 0 Å². The van der Waals surface area contributed by atoms with Gasteiger partial charge in [0.05, 0.1) is 7.11 Å². The molecular formula is C26H26N2O2. The summed E-state index contributed by atoms with van der Waals surface area (Å²) in [6.45, 7) is 3.09. The molecule has 0 bridgehead atoms. The van der Waals surface area contributed by atoms with E-state index in [-0.39, 0.29) is 5.91 Å². The molecule has 4 rings (SSSR count). The molecule has 1 heterocycles. The van der Waals surface area contributed by atoms with Gasteiger partial charge in [-0.1, -0.05) is 60.7 Å². The van der Waals surface area contributed by atoms with Crippen molar-refractivity contribution in [1.29, 1.82) is 0 Å². The van der Waals surface area contributed by atoms with Crippen LogP contribution in [0.1, 0.15) is 11.1 Å². The molecule has 1 aliphatic rings. The molecule has 3 aromatic rings. The Morgan fingerprint density at radius 3 is 2.00 bits per heavy atom. The van der Waals surface area contributed by atoms with Gasteiger partial charge in [0.2, 0.25) is 0 Å². The highest BCUT2D eigenvalue weighted by molar-refractivity contribution is 6.24. The van der Waals surface area contributed by atoms with Crippen LogP contribution in [-0.4, -0.2) is 44.1 Å². The third-order valence-electron chi connectivity index (χ3n) is 5.43. The van der Waals surface area contributed by atoms with Gasteiger partial charge in [-0.25, -0.2) is 0 Å². The minimum Gasteiger partial charge on any atom is -0.497 e. The molecule has 1 fully saturated rings. The van der Waals surface area contributed by atoms with Gasteiger partial charge in [-0.15, -0.1) is 0 Å². The number of methoxy groups -OCH3 is 1. The Hall–Kier alpha value is -3.53. The molecule has 0 spiro atoms. The number of carbonyl (C=O) groups excluding carboxylic acids is 1. The van der Waals surface area contributed by atoms with Gasteiger partial charge >= 0.3 is 0 Å². The number of hydrogen-bond donors (Lipinski definition) is 0. The van der Waals surface area contributed by atoms with Crippen LogP contribution in [0.5, 0.6) is 5.75 Å². The van der Waals surface area contributed by atoms with Crippen molar-refractivity contribution in [3.8, 4) is 5.75 Å². The van der Waals surface area contributed by atoms with Crippen LogP contribution < -0.4 is 9.64 Å². The van der Waals surface area contributed by atoms with Crippen molar-refractivity contribution in [3.05, 3.63) is 96.1 Å². The highest BCUT2D eigenvalue weighted by atomic mass is 16.5. The fourth-order valence-electron chi connectivity index (χ4n) is 3.73. The Morgan fingerprint density at radius 1 is 0.800 bits per heavy atom. The summed E-state index contributed by atoms with van der Waals surface area (Å²) in [7, 11) is 1.65. The lowest BCUT2D eigenvalue weighted by Gasteiger charge is -2.36. The lowest BCUT2D eigenvalue weighted by atomic mass is 10.0. The first-order chi connectivity index (χ1) is 14.7. The number of piperazine rings is 1. The van der Waals surface area contributed by atoms with Gasteiger partial charge < -0.3 is 14.5 Å². The zero-order valence-corrected chi connectivity index (χ0v) is 17.2. The van der Waals surface area contributed by atoms with Gasteiger partial charge in [-0.2, -0.15) is 0 Å². The maximum atomic E-state index is 13.5. The van der Waals surface area contributed by atoms with Crippen molar-refractivity contribution in [2.45, 2.75) is 0 Å². The zero-order valence-electron chi connectivity index (χ0n) is 17.2. The predicted molar refractivity (Wildman–Crippen MR) is 123 cm³/mol. The normalized spacial score (nSPS) is 14.5. The van der Waals surface area contributed by atoms with E-state index < -0.39 is 0 Å². The van der Waals surface area contributed by atoms with Crippen molar-refractivity contribution >= 4 is 23.2 Å². The van der Waals surface area contributed by atoms with E-state index in [9.17, 15) is 4.79 Å². The first-order valence-corrected chi connectivity index (χ1v) is 10.2. The first-order valence-electron chi connectivity index (χ1n) is 10.2. The second kappa shape index (κ2) is 9.31. The smallest absolute Gasteiger partial charge is 0.254 e. The van der Waals surface area contributed by atoms with E-state index in [1.807, 2.05) is 71.6 Å². The van der Waals surface area contributed by atoms with E-state index in [4.69, 9.17) is 4.74 Å². The fraction of sp³-hybridized carbons (Fsp3) is 0.192. The van der Waals surface area contributed by atoms with Crippen LogP contribution in [0.15, 0.2) is 84.9 Å². The number of nitrogens with zero attached hydrogens (tertiary/aromatic N) is 2. The van der Waals surface area contributed by atoms with Crippen molar-refractivity contribution in [1.82, 2.24) is 4.90 Å². The Kier molecular flexibility index (Phi) is 6.14. The fourth-order valence-corrected chi connectivity index (χ4v) is 3.73. The summed E-state index contributed by atoms with van der Waals surface area (Å²) in [6.07, 6.45) is 1.97. The molecule has 1 amide bonds. The Bertz CT molecular complexity index is 990. The zero-order chi connectivity index (χ0) is 20.8. The SMILES string of the molecule is COc1ccc(/C=C(/C(=O)N2CCN(c3ccccc3)CC2)c2ccccc2)cc1. The summed E-state index contributed by atoms with van der Waals surface area (Å²) in [5, 5.41) is 0. The summed E-state index contributed by atoms with van der Waals surface area (Å²) in [6, 6.07) is 28.1. The molecule has 0 saturated carbocycles. The number of carbonyl (C=O) groups is 1. The van der Waals surface area contributed by atoms with Gasteiger partial charge in [0, 0.05) is 37.4 Å². The number of ether oxygens (including phenoxy) is 1. The monoisotopic (exact) mass is 398 g/mol. The van der Waals surface area contributed by atoms with Crippen LogP contribution in [0, 0.1) is 0 Å². The predicted octanol–water partition coefficient (Wildman–Crippen LogP) is 4.58. The summed E-state index contributed by atoms with van der Waals surface area (Å²) in [5.41, 5.74) is 3.84. The summed E-state index contributed by atoms with van der Waals surface area (Å²) >= 11 is 0. The number of amides is 1. The molecule has 0 N–H and O–H groups in total. The maximum Gasteiger partial charge on any atom is 0.254 e. The molecule has 4 heteroatoms. The molecule has 3 aromatic carbocycles. The van der Waals surface area contributed by atoms with Crippen LogP contribution in [0.4, 0.5) is 5.69 Å². The second-order valence-electron chi connectivity index (χ2n) is 7.31. The average molecular weight is 399 g/mol. The topological polar surface area (TPSA) is 32.8 Å². The number of rotatable bonds is 5. The number of para-hydroxylation sites is 1. The van der Waals surface area contributed by atoms with Crippen molar-refractivity contribution in [2.24, 2.45) is 0 Å². The number of anilines is 1. The number of hydrogen-bond acceptors (Lipinski definition) is 3. The summed E-state index contributed by atoms with van der Waals surface area (Å²) in [5.74, 6) is 0.876. The van der Waals surface area contributed by atoms with Crippen LogP contribution in [0.2, 0.25) is 0 Å². The molecule has 152 valence electrons. The molecular weight excluding hydrogens is 372 g/mol. The minimum atomic E-state index is 0.0738. The lowest BCUT2D eigenvalue weighted by molar-refractivity contribution is -0.125. The van der Waals surface area contributed by atoms with Crippen LogP contribution in [-0.2, 0) is 4.79 Å². The van der Waals surface area contributed by atoms with Crippen molar-refractivity contribution in [2.75, 3.05) is 38.2 Å². The molecule has 0 radical (unpaired) electrons. The molecule has 0 atom stereocenters. The van der Waals surface area contributed by atoms with Crippen molar-refractivity contribution < 1.29 is 9.53 Å². The average Bonchev–Trinajstić information content (AvgIpc) is 2.84. The van der Waals surface area contributed by atoms with Crippen LogP contribution in [0.25, 0.3) is 11.6 Å². The molecule has 0 aliphatic carbocycles. The highest BCUT2D eigenvalue weighted by Crippen LogP contribution is 2.24. The Morgan fingerprint density at radius 2 is 1.40 bits per heavy atom. The van der Waals surface area contributed by atoms with E-state index in [1.54, 1.807) is 7.11 Å². The van der Waals surface area contributed by atoms with E-state index in [1.165, 1.54) is 5.69 Å². The van der Waals surface area contributed by atoms with E-state index in [2.05, 4.69) is 29.2 Å². The van der Waals surface area contributed by atoms with Gasteiger partial charge in [-0.05, 0) is 41.5 Å². The number of benzene rings is 3. The molecule has 1 aliphatic heterocycles. The van der Waals surface area contributed by atoms with Crippen molar-refractivity contribution in [3.63, 3.8) is 0 Å². The second-order valence-corrected chi connectivity index (χ2v) is 7.31. The molecule has 30 heavy (non-hydrogen) atoms. The molecule has 0 aromatic heterocycles. The van der Waals surface area contributed by atoms with E-state index in [0.29, 0.717) is 18.7 Å². The largest absolute Gasteiger partial charge is 0.497 e. The van der Waals surface area contributed by atoms with Gasteiger partial charge in [-0.3, -0.25) is 4.79 Å². The molecule has 1 saturated heterocycles. The molecule has 4 nitrogen and oxygen atoms in total. The van der Waals surface area contributed by atoms with Crippen LogP contribution in [0.3, 0.4) is 0 Å². The third kappa shape index (κ3) is 4.54. The van der Waals surface area contributed by atoms with Gasteiger partial charge in [0.15, 0.2) is 0 Å². The van der Waals surface area contributed by atoms with Crippen LogP contribution >= 0.6 is 0 Å². The van der Waals surface area contributed by atoms with Gasteiger partial charge in [0.25, 0.3) is 5.91 Å². The Balaban J connectivity index is 1.55. The minimum absolute atomic E-state index is 0.0738. The highest BCUT2D eigenvalue weighted by Gasteiger charge is 2.24. The summed E-state index contributed by atoms with van der Waals surface area (Å²) < 4.78 is 5.25. The molecule has 0 unspecified atom stereocenters. The Labute approximate surface area is 178 Å². The third-order valence-corrected chi connectivity index (χ3v) is 5.43. The standard InChI is InChI=1S/C26H26N2O2/c1-30-24-14-12-21(13-15-24)20-25(22-8-4-2-5-9-22)26(29)28-18-16-27(17-19-28)23-10-6-3-7-11-23/h2-15,20H,16-19H2,1H3/b25-20+. The van der Waals surface area contributed by atoms with E-state index in [0.717, 1.165) is 30.0 Å².